The molecule has 0 bridgehead atoms. The maximum Gasteiger partial charge on any atom is 0.0991 e. The molecule has 0 fully saturated rings. The molecule has 0 aromatic heterocycles. The predicted molar refractivity (Wildman–Crippen MR) is 90.4 cm³/mol. The molecule has 4 rings (SSSR count). The van der Waals surface area contributed by atoms with Crippen LogP contribution in [0.4, 0.5) is 0 Å². The van der Waals surface area contributed by atoms with Gasteiger partial charge in [0.2, 0.25) is 0 Å². The molecule has 0 saturated carbocycles. The SMILES string of the molecule is Cc1c2cccc-2c(-c2ccccc2)nn1-c1ccccc1. The first-order valence-corrected chi connectivity index (χ1v) is 7.44. The molecule has 0 amide bonds. The van der Waals surface area contributed by atoms with Gasteiger partial charge in [0.25, 0.3) is 0 Å². The van der Waals surface area contributed by atoms with E-state index in [1.807, 2.05) is 28.9 Å². The summed E-state index contributed by atoms with van der Waals surface area (Å²) < 4.78 is 2.03. The van der Waals surface area contributed by atoms with E-state index in [2.05, 4.69) is 61.5 Å². The van der Waals surface area contributed by atoms with Crippen LogP contribution in [0, 0.1) is 6.92 Å². The summed E-state index contributed by atoms with van der Waals surface area (Å²) in [6.45, 7) is 2.12. The van der Waals surface area contributed by atoms with Crippen molar-refractivity contribution in [2.75, 3.05) is 0 Å². The second-order valence-corrected chi connectivity index (χ2v) is 5.40. The third-order valence-corrected chi connectivity index (χ3v) is 4.03. The van der Waals surface area contributed by atoms with Crippen LogP contribution in [0.5, 0.6) is 0 Å². The number of hydrogen-bond acceptors (Lipinski definition) is 1. The number of hydrogen-bond donors (Lipinski definition) is 0. The second-order valence-electron chi connectivity index (χ2n) is 5.40. The van der Waals surface area contributed by atoms with Crippen LogP contribution in [0.2, 0.25) is 0 Å². The molecule has 2 aromatic carbocycles. The number of rotatable bonds is 2. The van der Waals surface area contributed by atoms with E-state index in [9.17, 15) is 0 Å². The van der Waals surface area contributed by atoms with Crippen LogP contribution in [0.1, 0.15) is 5.69 Å². The van der Waals surface area contributed by atoms with Gasteiger partial charge in [0.15, 0.2) is 0 Å². The van der Waals surface area contributed by atoms with Crippen molar-refractivity contribution in [2.45, 2.75) is 6.92 Å². The van der Waals surface area contributed by atoms with Gasteiger partial charge in [-0.05, 0) is 19.1 Å². The van der Waals surface area contributed by atoms with E-state index in [-0.39, 0.29) is 0 Å². The molecule has 22 heavy (non-hydrogen) atoms. The van der Waals surface area contributed by atoms with E-state index in [1.165, 1.54) is 11.1 Å². The zero-order valence-electron chi connectivity index (χ0n) is 12.4. The highest BCUT2D eigenvalue weighted by atomic mass is 15.3. The van der Waals surface area contributed by atoms with Gasteiger partial charge in [-0.1, -0.05) is 66.7 Å². The van der Waals surface area contributed by atoms with Gasteiger partial charge in [0, 0.05) is 22.4 Å². The fraction of sp³-hybridized carbons (Fsp3) is 0.0500. The van der Waals surface area contributed by atoms with Gasteiger partial charge in [-0.3, -0.25) is 0 Å². The standard InChI is InChI=1S/C20H16N2/c1-15-18-13-8-14-19(18)20(16-9-4-2-5-10-16)21-22(15)17-11-6-3-7-12-17/h2-14H,1H3. The van der Waals surface area contributed by atoms with Crippen LogP contribution >= 0.6 is 0 Å². The number of para-hydroxylation sites is 1. The molecular weight excluding hydrogens is 268 g/mol. The lowest BCUT2D eigenvalue weighted by Crippen LogP contribution is -2.09. The highest BCUT2D eigenvalue weighted by Crippen LogP contribution is 2.35. The monoisotopic (exact) mass is 284 g/mol. The van der Waals surface area contributed by atoms with Crippen LogP contribution in [-0.4, -0.2) is 9.78 Å². The Morgan fingerprint density at radius 1 is 0.682 bits per heavy atom. The zero-order valence-corrected chi connectivity index (χ0v) is 12.4. The van der Waals surface area contributed by atoms with Crippen LogP contribution < -0.4 is 0 Å². The largest absolute Gasteiger partial charge is 0.237 e. The Labute approximate surface area is 130 Å². The van der Waals surface area contributed by atoms with Crippen molar-refractivity contribution in [3.8, 4) is 28.1 Å². The average molecular weight is 284 g/mol. The van der Waals surface area contributed by atoms with Gasteiger partial charge < -0.3 is 0 Å². The molecule has 1 heterocycles. The number of benzene rings is 2. The Morgan fingerprint density at radius 2 is 1.32 bits per heavy atom. The summed E-state index contributed by atoms with van der Waals surface area (Å²) in [5.41, 5.74) is 6.86. The molecule has 2 aromatic rings. The normalized spacial score (nSPS) is 11.0. The van der Waals surface area contributed by atoms with Gasteiger partial charge >= 0.3 is 0 Å². The Hall–Kier alpha value is -2.87. The maximum atomic E-state index is 4.93. The molecule has 1 aliphatic carbocycles. The number of fused-ring (bicyclic) bond motifs is 1. The van der Waals surface area contributed by atoms with Gasteiger partial charge in [0.05, 0.1) is 11.4 Å². The zero-order chi connectivity index (χ0) is 14.9. The lowest BCUT2D eigenvalue weighted by atomic mass is 10.0. The van der Waals surface area contributed by atoms with Crippen molar-refractivity contribution in [3.63, 3.8) is 0 Å². The quantitative estimate of drug-likeness (QED) is 0.509. The van der Waals surface area contributed by atoms with Crippen molar-refractivity contribution in [3.05, 3.63) is 84.6 Å². The molecule has 0 saturated heterocycles. The van der Waals surface area contributed by atoms with E-state index in [1.54, 1.807) is 0 Å². The summed E-state index contributed by atoms with van der Waals surface area (Å²) in [7, 11) is 0. The molecule has 0 spiro atoms. The fourth-order valence-electron chi connectivity index (χ4n) is 2.91. The van der Waals surface area contributed by atoms with E-state index in [0.717, 1.165) is 22.6 Å². The van der Waals surface area contributed by atoms with Crippen LogP contribution in [0.15, 0.2) is 78.9 Å². The molecule has 0 atom stereocenters. The summed E-state index contributed by atoms with van der Waals surface area (Å²) in [5, 5.41) is 4.93. The molecule has 106 valence electrons. The van der Waals surface area contributed by atoms with Crippen molar-refractivity contribution in [2.24, 2.45) is 0 Å². The molecule has 1 aliphatic heterocycles. The summed E-state index contributed by atoms with van der Waals surface area (Å²) >= 11 is 0. The lowest BCUT2D eigenvalue weighted by Gasteiger charge is -2.17. The summed E-state index contributed by atoms with van der Waals surface area (Å²) in [5.74, 6) is 0. The maximum absolute atomic E-state index is 4.93. The Bertz CT molecular complexity index is 876. The van der Waals surface area contributed by atoms with Crippen LogP contribution in [-0.2, 0) is 0 Å². The first kappa shape index (κ1) is 12.8. The van der Waals surface area contributed by atoms with E-state index in [4.69, 9.17) is 5.10 Å². The van der Waals surface area contributed by atoms with Crippen molar-refractivity contribution in [1.82, 2.24) is 9.78 Å². The molecule has 2 nitrogen and oxygen atoms in total. The molecular formula is C20H16N2. The number of nitrogens with zero attached hydrogens (tertiary/aromatic N) is 2. The smallest absolute Gasteiger partial charge is 0.0991 e. The average Bonchev–Trinajstić information content (AvgIpc) is 3.07. The van der Waals surface area contributed by atoms with Crippen molar-refractivity contribution in [1.29, 1.82) is 0 Å². The van der Waals surface area contributed by atoms with Gasteiger partial charge in [0.1, 0.15) is 0 Å². The Kier molecular flexibility index (Phi) is 3.01. The minimum absolute atomic E-state index is 1.02. The van der Waals surface area contributed by atoms with Crippen LogP contribution in [0.3, 0.4) is 0 Å². The molecule has 2 aliphatic rings. The highest BCUT2D eigenvalue weighted by molar-refractivity contribution is 5.83. The van der Waals surface area contributed by atoms with Crippen LogP contribution in [0.25, 0.3) is 28.1 Å². The topological polar surface area (TPSA) is 17.8 Å². The molecule has 0 N–H and O–H groups in total. The lowest BCUT2D eigenvalue weighted by molar-refractivity contribution is 0.814. The Morgan fingerprint density at radius 3 is 2.05 bits per heavy atom. The summed E-state index contributed by atoms with van der Waals surface area (Å²) in [6.07, 6.45) is 0. The third kappa shape index (κ3) is 2.01. The molecule has 0 unspecified atom stereocenters. The molecule has 0 radical (unpaired) electrons. The minimum Gasteiger partial charge on any atom is -0.237 e. The Balaban J connectivity index is 2.03. The third-order valence-electron chi connectivity index (χ3n) is 4.03. The van der Waals surface area contributed by atoms with Gasteiger partial charge in [-0.25, -0.2) is 4.68 Å². The second kappa shape index (κ2) is 5.15. The summed E-state index contributed by atoms with van der Waals surface area (Å²) in [4.78, 5) is 0. The van der Waals surface area contributed by atoms with E-state index < -0.39 is 0 Å². The first-order valence-electron chi connectivity index (χ1n) is 7.44. The van der Waals surface area contributed by atoms with Gasteiger partial charge in [-0.2, -0.15) is 5.10 Å². The first-order chi connectivity index (χ1) is 10.8. The predicted octanol–water partition coefficient (Wildman–Crippen LogP) is 4.95. The van der Waals surface area contributed by atoms with Gasteiger partial charge in [-0.15, -0.1) is 0 Å². The fourth-order valence-corrected chi connectivity index (χ4v) is 2.91. The summed E-state index contributed by atoms with van der Waals surface area (Å²) in [6, 6.07) is 27.1. The minimum atomic E-state index is 1.02. The highest BCUT2D eigenvalue weighted by Gasteiger charge is 2.17. The van der Waals surface area contributed by atoms with Crippen molar-refractivity contribution >= 4 is 0 Å². The van der Waals surface area contributed by atoms with Crippen molar-refractivity contribution < 1.29 is 0 Å². The number of aromatic nitrogens is 2. The molecule has 2 heteroatoms. The van der Waals surface area contributed by atoms with E-state index in [0.29, 0.717) is 0 Å². The van der Waals surface area contributed by atoms with E-state index >= 15 is 0 Å².